The molecule has 6 heteroatoms. The van der Waals surface area contributed by atoms with Gasteiger partial charge in [0.05, 0.1) is 0 Å². The molecule has 3 N–H and O–H groups in total. The summed E-state index contributed by atoms with van der Waals surface area (Å²) in [7, 11) is 0. The molecular weight excluding hydrogens is 256 g/mol. The van der Waals surface area contributed by atoms with Gasteiger partial charge in [0.1, 0.15) is 0 Å². The standard InChI is InChI=1S/C14H16N4O2/c15-8-7-9-3-1-2-4-11(9)12(19)16-14-18-17-13(20-14)10-5-6-10/h1-4,10H,5-8,15H2,(H,16,18,19). The van der Waals surface area contributed by atoms with Crippen molar-refractivity contribution in [2.45, 2.75) is 25.2 Å². The predicted octanol–water partition coefficient (Wildman–Crippen LogP) is 1.70. The second kappa shape index (κ2) is 5.42. The Morgan fingerprint density at radius 3 is 2.90 bits per heavy atom. The molecule has 1 aromatic heterocycles. The number of benzene rings is 1. The summed E-state index contributed by atoms with van der Waals surface area (Å²) in [6.45, 7) is 0.497. The van der Waals surface area contributed by atoms with Gasteiger partial charge in [-0.2, -0.15) is 0 Å². The molecule has 0 spiro atoms. The number of carbonyl (C=O) groups excluding carboxylic acids is 1. The van der Waals surface area contributed by atoms with Gasteiger partial charge in [0.15, 0.2) is 0 Å². The quantitative estimate of drug-likeness (QED) is 0.864. The summed E-state index contributed by atoms with van der Waals surface area (Å²) in [4.78, 5) is 12.2. The van der Waals surface area contributed by atoms with Crippen molar-refractivity contribution >= 4 is 11.9 Å². The third-order valence-corrected chi connectivity index (χ3v) is 3.26. The molecule has 0 radical (unpaired) electrons. The van der Waals surface area contributed by atoms with Crippen molar-refractivity contribution in [1.29, 1.82) is 0 Å². The number of rotatable bonds is 5. The summed E-state index contributed by atoms with van der Waals surface area (Å²) >= 11 is 0. The molecule has 1 aliphatic carbocycles. The van der Waals surface area contributed by atoms with Crippen LogP contribution in [0.3, 0.4) is 0 Å². The molecule has 104 valence electrons. The summed E-state index contributed by atoms with van der Waals surface area (Å²) in [6, 6.07) is 7.52. The van der Waals surface area contributed by atoms with E-state index in [1.807, 2.05) is 18.2 Å². The molecule has 1 heterocycles. The van der Waals surface area contributed by atoms with E-state index in [0.29, 0.717) is 30.3 Å². The lowest BCUT2D eigenvalue weighted by atomic mass is 10.0. The molecule has 0 unspecified atom stereocenters. The average Bonchev–Trinajstić information content (AvgIpc) is 3.20. The van der Waals surface area contributed by atoms with Gasteiger partial charge in [-0.15, -0.1) is 5.10 Å². The Labute approximate surface area is 116 Å². The molecule has 0 aliphatic heterocycles. The Kier molecular flexibility index (Phi) is 3.47. The van der Waals surface area contributed by atoms with Crippen LogP contribution >= 0.6 is 0 Å². The molecule has 0 bridgehead atoms. The van der Waals surface area contributed by atoms with Gasteiger partial charge in [-0.1, -0.05) is 23.3 Å². The van der Waals surface area contributed by atoms with E-state index in [1.54, 1.807) is 6.07 Å². The zero-order chi connectivity index (χ0) is 13.9. The first-order valence-corrected chi connectivity index (χ1v) is 6.70. The van der Waals surface area contributed by atoms with Gasteiger partial charge in [0.2, 0.25) is 5.89 Å². The maximum atomic E-state index is 12.2. The van der Waals surface area contributed by atoms with Crippen LogP contribution in [-0.2, 0) is 6.42 Å². The van der Waals surface area contributed by atoms with Crippen LogP contribution in [0.5, 0.6) is 0 Å². The molecule has 0 saturated heterocycles. The van der Waals surface area contributed by atoms with E-state index in [9.17, 15) is 4.79 Å². The van der Waals surface area contributed by atoms with Crippen LogP contribution in [0.4, 0.5) is 6.01 Å². The number of aromatic nitrogens is 2. The van der Waals surface area contributed by atoms with Gasteiger partial charge < -0.3 is 10.2 Å². The first-order chi connectivity index (χ1) is 9.78. The molecule has 1 aliphatic rings. The van der Waals surface area contributed by atoms with Crippen LogP contribution in [0.2, 0.25) is 0 Å². The van der Waals surface area contributed by atoms with Gasteiger partial charge in [-0.25, -0.2) is 0 Å². The number of nitrogens with one attached hydrogen (secondary N) is 1. The second-order valence-corrected chi connectivity index (χ2v) is 4.87. The van der Waals surface area contributed by atoms with Crippen LogP contribution < -0.4 is 11.1 Å². The van der Waals surface area contributed by atoms with E-state index >= 15 is 0 Å². The third kappa shape index (κ3) is 2.70. The lowest BCUT2D eigenvalue weighted by molar-refractivity contribution is 0.102. The van der Waals surface area contributed by atoms with Gasteiger partial charge in [0.25, 0.3) is 5.91 Å². The highest BCUT2D eigenvalue weighted by Crippen LogP contribution is 2.39. The molecule has 0 atom stereocenters. The predicted molar refractivity (Wildman–Crippen MR) is 73.4 cm³/mol. The SMILES string of the molecule is NCCc1ccccc1C(=O)Nc1nnc(C2CC2)o1. The molecule has 2 aromatic rings. The van der Waals surface area contributed by atoms with Crippen molar-refractivity contribution in [2.24, 2.45) is 5.73 Å². The minimum Gasteiger partial charge on any atom is -0.408 e. The van der Waals surface area contributed by atoms with Crippen molar-refractivity contribution in [1.82, 2.24) is 10.2 Å². The highest BCUT2D eigenvalue weighted by atomic mass is 16.4. The van der Waals surface area contributed by atoms with Crippen LogP contribution in [-0.4, -0.2) is 22.6 Å². The summed E-state index contributed by atoms with van der Waals surface area (Å²) in [6.07, 6.45) is 2.81. The van der Waals surface area contributed by atoms with E-state index in [2.05, 4.69) is 15.5 Å². The number of carbonyl (C=O) groups is 1. The van der Waals surface area contributed by atoms with E-state index in [4.69, 9.17) is 10.2 Å². The smallest absolute Gasteiger partial charge is 0.322 e. The largest absolute Gasteiger partial charge is 0.408 e. The lowest BCUT2D eigenvalue weighted by Gasteiger charge is -2.06. The highest BCUT2D eigenvalue weighted by molar-refractivity contribution is 6.04. The summed E-state index contributed by atoms with van der Waals surface area (Å²) in [5, 5.41) is 10.4. The Morgan fingerprint density at radius 1 is 1.35 bits per heavy atom. The van der Waals surface area contributed by atoms with Gasteiger partial charge in [-0.05, 0) is 37.4 Å². The zero-order valence-electron chi connectivity index (χ0n) is 11.0. The molecule has 1 amide bonds. The lowest BCUT2D eigenvalue weighted by Crippen LogP contribution is -2.16. The molecule has 6 nitrogen and oxygen atoms in total. The van der Waals surface area contributed by atoms with Crippen molar-refractivity contribution in [3.63, 3.8) is 0 Å². The number of hydrogen-bond donors (Lipinski definition) is 2. The zero-order valence-corrected chi connectivity index (χ0v) is 11.0. The number of amides is 1. The monoisotopic (exact) mass is 272 g/mol. The molecule has 1 saturated carbocycles. The average molecular weight is 272 g/mol. The summed E-state index contributed by atoms with van der Waals surface area (Å²) in [5.41, 5.74) is 7.05. The fourth-order valence-corrected chi connectivity index (χ4v) is 2.06. The van der Waals surface area contributed by atoms with Gasteiger partial charge >= 0.3 is 6.01 Å². The maximum absolute atomic E-state index is 12.2. The maximum Gasteiger partial charge on any atom is 0.322 e. The number of hydrogen-bond acceptors (Lipinski definition) is 5. The Hall–Kier alpha value is -2.21. The topological polar surface area (TPSA) is 94.0 Å². The number of nitrogens with zero attached hydrogens (tertiary/aromatic N) is 2. The van der Waals surface area contributed by atoms with Crippen LogP contribution in [0.25, 0.3) is 0 Å². The van der Waals surface area contributed by atoms with Crippen molar-refractivity contribution in [2.75, 3.05) is 11.9 Å². The Bertz CT molecular complexity index is 619. The minimum absolute atomic E-state index is 0.152. The Morgan fingerprint density at radius 2 is 2.15 bits per heavy atom. The van der Waals surface area contributed by atoms with Crippen molar-refractivity contribution < 1.29 is 9.21 Å². The first-order valence-electron chi connectivity index (χ1n) is 6.70. The molecule has 3 rings (SSSR count). The fourth-order valence-electron chi connectivity index (χ4n) is 2.06. The van der Waals surface area contributed by atoms with Crippen LogP contribution in [0.15, 0.2) is 28.7 Å². The number of anilines is 1. The van der Waals surface area contributed by atoms with E-state index in [-0.39, 0.29) is 11.9 Å². The fraction of sp³-hybridized carbons (Fsp3) is 0.357. The van der Waals surface area contributed by atoms with Gasteiger partial charge in [0, 0.05) is 11.5 Å². The highest BCUT2D eigenvalue weighted by Gasteiger charge is 2.29. The molecule has 20 heavy (non-hydrogen) atoms. The molecule has 1 fully saturated rings. The van der Waals surface area contributed by atoms with Crippen LogP contribution in [0.1, 0.15) is 40.6 Å². The second-order valence-electron chi connectivity index (χ2n) is 4.87. The number of nitrogens with two attached hydrogens (primary N) is 1. The van der Waals surface area contributed by atoms with E-state index in [0.717, 1.165) is 18.4 Å². The Balaban J connectivity index is 1.74. The molecule has 1 aromatic carbocycles. The normalized spacial score (nSPS) is 14.2. The summed E-state index contributed by atoms with van der Waals surface area (Å²) < 4.78 is 5.42. The summed E-state index contributed by atoms with van der Waals surface area (Å²) in [5.74, 6) is 0.730. The minimum atomic E-state index is -0.250. The van der Waals surface area contributed by atoms with Crippen molar-refractivity contribution in [3.8, 4) is 0 Å². The molecular formula is C14H16N4O2. The van der Waals surface area contributed by atoms with Crippen LogP contribution in [0, 0.1) is 0 Å². The first kappa shape index (κ1) is 12.8. The van der Waals surface area contributed by atoms with E-state index in [1.165, 1.54) is 0 Å². The van der Waals surface area contributed by atoms with E-state index < -0.39 is 0 Å². The van der Waals surface area contributed by atoms with Crippen molar-refractivity contribution in [3.05, 3.63) is 41.3 Å². The van der Waals surface area contributed by atoms with Gasteiger partial charge in [-0.3, -0.25) is 10.1 Å². The third-order valence-electron chi connectivity index (χ3n) is 3.26.